The van der Waals surface area contributed by atoms with E-state index in [2.05, 4.69) is 22.0 Å². The van der Waals surface area contributed by atoms with Crippen LogP contribution in [0.25, 0.3) is 0 Å². The van der Waals surface area contributed by atoms with Crippen molar-refractivity contribution in [3.8, 4) is 6.07 Å². The number of rotatable bonds is 2. The summed E-state index contributed by atoms with van der Waals surface area (Å²) >= 11 is 3.51. The Morgan fingerprint density at radius 2 is 2.21 bits per heavy atom. The minimum absolute atomic E-state index is 0.0181. The molecule has 1 aromatic rings. The van der Waals surface area contributed by atoms with Crippen LogP contribution < -0.4 is 4.90 Å². The quantitative estimate of drug-likeness (QED) is 0.839. The number of hydrogen-bond acceptors (Lipinski definition) is 3. The highest BCUT2D eigenvalue weighted by molar-refractivity contribution is 9.10. The molecule has 1 atom stereocenters. The van der Waals surface area contributed by atoms with E-state index in [-0.39, 0.29) is 18.4 Å². The number of carbonyl (C=O) groups is 1. The third kappa shape index (κ3) is 2.74. The van der Waals surface area contributed by atoms with Crippen molar-refractivity contribution < 1.29 is 4.79 Å². The van der Waals surface area contributed by atoms with E-state index in [1.807, 2.05) is 30.0 Å². The zero-order valence-corrected chi connectivity index (χ0v) is 12.6. The fraction of sp³-hybridized carbons (Fsp3) is 0.429. The summed E-state index contributed by atoms with van der Waals surface area (Å²) in [7, 11) is 1.79. The Balaban J connectivity index is 2.33. The maximum Gasteiger partial charge on any atom is 0.246 e. The van der Waals surface area contributed by atoms with E-state index >= 15 is 0 Å². The highest BCUT2D eigenvalue weighted by Crippen LogP contribution is 2.27. The van der Waals surface area contributed by atoms with Gasteiger partial charge in [-0.3, -0.25) is 4.79 Å². The number of halogens is 1. The van der Waals surface area contributed by atoms with Gasteiger partial charge in [-0.1, -0.05) is 22.0 Å². The highest BCUT2D eigenvalue weighted by atomic mass is 79.9. The zero-order chi connectivity index (χ0) is 14.0. The second kappa shape index (κ2) is 5.62. The standard InChI is InChI=1S/C14H16BrN3O/c1-10-3-4-11(9-12(10)15)18-8-7-17(2)14(19)13(18)5-6-16/h3-4,9,13H,5,7-8H2,1-2H3. The number of aryl methyl sites for hydroxylation is 1. The number of benzene rings is 1. The summed E-state index contributed by atoms with van der Waals surface area (Å²) in [5, 5.41) is 8.93. The second-order valence-corrected chi connectivity index (χ2v) is 5.62. The molecule has 1 aliphatic rings. The van der Waals surface area contributed by atoms with E-state index < -0.39 is 0 Å². The number of likely N-dealkylation sites (N-methyl/N-ethyl adjacent to an activating group) is 1. The van der Waals surface area contributed by atoms with Crippen LogP contribution in [0.2, 0.25) is 0 Å². The van der Waals surface area contributed by atoms with Gasteiger partial charge in [0, 0.05) is 30.3 Å². The Hall–Kier alpha value is -1.54. The highest BCUT2D eigenvalue weighted by Gasteiger charge is 2.33. The summed E-state index contributed by atoms with van der Waals surface area (Å²) in [6.07, 6.45) is 0.217. The SMILES string of the molecule is Cc1ccc(N2CCN(C)C(=O)C2CC#N)cc1Br. The van der Waals surface area contributed by atoms with Crippen LogP contribution in [0, 0.1) is 18.3 Å². The van der Waals surface area contributed by atoms with Gasteiger partial charge in [0.15, 0.2) is 0 Å². The molecule has 2 rings (SSSR count). The minimum Gasteiger partial charge on any atom is -0.357 e. The van der Waals surface area contributed by atoms with Gasteiger partial charge in [-0.05, 0) is 24.6 Å². The van der Waals surface area contributed by atoms with Gasteiger partial charge in [0.25, 0.3) is 0 Å². The molecule has 0 aromatic heterocycles. The smallest absolute Gasteiger partial charge is 0.246 e. The van der Waals surface area contributed by atoms with Crippen LogP contribution in [0.5, 0.6) is 0 Å². The molecule has 5 heteroatoms. The van der Waals surface area contributed by atoms with Gasteiger partial charge in [-0.15, -0.1) is 0 Å². The van der Waals surface area contributed by atoms with E-state index in [1.165, 1.54) is 0 Å². The van der Waals surface area contributed by atoms with Crippen molar-refractivity contribution >= 4 is 27.5 Å². The number of amides is 1. The number of nitriles is 1. The third-order valence-corrected chi connectivity index (χ3v) is 4.34. The lowest BCUT2D eigenvalue weighted by Crippen LogP contribution is -2.55. The molecule has 1 heterocycles. The van der Waals surface area contributed by atoms with E-state index in [0.717, 1.165) is 22.3 Å². The lowest BCUT2D eigenvalue weighted by molar-refractivity contribution is -0.132. The molecule has 100 valence electrons. The average Bonchev–Trinajstić information content (AvgIpc) is 2.39. The summed E-state index contributed by atoms with van der Waals surface area (Å²) in [4.78, 5) is 15.9. The van der Waals surface area contributed by atoms with Gasteiger partial charge in [-0.25, -0.2) is 0 Å². The van der Waals surface area contributed by atoms with Crippen molar-refractivity contribution in [2.45, 2.75) is 19.4 Å². The first-order valence-electron chi connectivity index (χ1n) is 6.19. The van der Waals surface area contributed by atoms with Gasteiger partial charge in [0.1, 0.15) is 6.04 Å². The molecule has 1 fully saturated rings. The fourth-order valence-electron chi connectivity index (χ4n) is 2.26. The predicted molar refractivity (Wildman–Crippen MR) is 77.9 cm³/mol. The molecule has 0 spiro atoms. The summed E-state index contributed by atoms with van der Waals surface area (Å²) in [6.45, 7) is 3.46. The van der Waals surface area contributed by atoms with E-state index in [1.54, 1.807) is 11.9 Å². The van der Waals surface area contributed by atoms with Gasteiger partial charge in [0.2, 0.25) is 5.91 Å². The second-order valence-electron chi connectivity index (χ2n) is 4.76. The molecule has 0 N–H and O–H groups in total. The summed E-state index contributed by atoms with van der Waals surface area (Å²) in [5.41, 5.74) is 2.14. The lowest BCUT2D eigenvalue weighted by atomic mass is 10.1. The average molecular weight is 322 g/mol. The minimum atomic E-state index is -0.377. The number of carbonyl (C=O) groups excluding carboxylic acids is 1. The lowest BCUT2D eigenvalue weighted by Gasteiger charge is -2.39. The van der Waals surface area contributed by atoms with Crippen LogP contribution in [0.4, 0.5) is 5.69 Å². The Morgan fingerprint density at radius 3 is 2.84 bits per heavy atom. The number of anilines is 1. The number of nitrogens with zero attached hydrogens (tertiary/aromatic N) is 3. The van der Waals surface area contributed by atoms with Crippen molar-refractivity contribution in [3.63, 3.8) is 0 Å². The van der Waals surface area contributed by atoms with Crippen LogP contribution in [0.1, 0.15) is 12.0 Å². The number of hydrogen-bond donors (Lipinski definition) is 0. The monoisotopic (exact) mass is 321 g/mol. The van der Waals surface area contributed by atoms with Gasteiger partial charge in [-0.2, -0.15) is 5.26 Å². The molecule has 1 unspecified atom stereocenters. The summed E-state index contributed by atoms with van der Waals surface area (Å²) in [6, 6.07) is 7.77. The van der Waals surface area contributed by atoms with Crippen LogP contribution in [-0.2, 0) is 4.79 Å². The van der Waals surface area contributed by atoms with Crippen molar-refractivity contribution in [1.82, 2.24) is 4.90 Å². The van der Waals surface area contributed by atoms with Crippen molar-refractivity contribution in [3.05, 3.63) is 28.2 Å². The predicted octanol–water partition coefficient (Wildman–Crippen LogP) is 2.32. The van der Waals surface area contributed by atoms with Crippen molar-refractivity contribution in [2.24, 2.45) is 0 Å². The Bertz CT molecular complexity index is 538. The zero-order valence-electron chi connectivity index (χ0n) is 11.1. The third-order valence-electron chi connectivity index (χ3n) is 3.49. The summed E-state index contributed by atoms with van der Waals surface area (Å²) < 4.78 is 1.02. The molecule has 19 heavy (non-hydrogen) atoms. The molecular formula is C14H16BrN3O. The van der Waals surface area contributed by atoms with Crippen molar-refractivity contribution in [1.29, 1.82) is 5.26 Å². The maximum absolute atomic E-state index is 12.2. The summed E-state index contributed by atoms with van der Waals surface area (Å²) in [5.74, 6) is 0.0181. The van der Waals surface area contributed by atoms with Crippen LogP contribution in [0.15, 0.2) is 22.7 Å². The van der Waals surface area contributed by atoms with Gasteiger partial charge < -0.3 is 9.80 Å². The van der Waals surface area contributed by atoms with E-state index in [4.69, 9.17) is 5.26 Å². The van der Waals surface area contributed by atoms with Crippen LogP contribution >= 0.6 is 15.9 Å². The molecular weight excluding hydrogens is 306 g/mol. The molecule has 1 saturated heterocycles. The van der Waals surface area contributed by atoms with Crippen LogP contribution in [0.3, 0.4) is 0 Å². The Kier molecular flexibility index (Phi) is 4.11. The largest absolute Gasteiger partial charge is 0.357 e. The maximum atomic E-state index is 12.2. The van der Waals surface area contributed by atoms with Gasteiger partial charge >= 0.3 is 0 Å². The topological polar surface area (TPSA) is 47.3 Å². The van der Waals surface area contributed by atoms with Crippen LogP contribution in [-0.4, -0.2) is 37.0 Å². The first-order chi connectivity index (χ1) is 9.04. The normalized spacial score (nSPS) is 19.5. The Labute approximate surface area is 121 Å². The van der Waals surface area contributed by atoms with Crippen molar-refractivity contribution in [2.75, 3.05) is 25.0 Å². The van der Waals surface area contributed by atoms with E-state index in [0.29, 0.717) is 6.54 Å². The first kappa shape index (κ1) is 13.9. The molecule has 0 bridgehead atoms. The molecule has 1 aromatic carbocycles. The Morgan fingerprint density at radius 1 is 1.47 bits per heavy atom. The molecule has 0 radical (unpaired) electrons. The van der Waals surface area contributed by atoms with E-state index in [9.17, 15) is 4.79 Å². The molecule has 4 nitrogen and oxygen atoms in total. The number of piperazine rings is 1. The fourth-order valence-corrected chi connectivity index (χ4v) is 2.63. The molecule has 0 saturated carbocycles. The first-order valence-corrected chi connectivity index (χ1v) is 6.98. The molecule has 0 aliphatic carbocycles. The van der Waals surface area contributed by atoms with Gasteiger partial charge in [0.05, 0.1) is 12.5 Å². The molecule has 1 aliphatic heterocycles. The molecule has 1 amide bonds.